The van der Waals surface area contributed by atoms with Crippen LogP contribution in [0, 0.1) is 0 Å². The van der Waals surface area contributed by atoms with E-state index >= 15 is 0 Å². The molecule has 5 heteroatoms. The Morgan fingerprint density at radius 2 is 2.18 bits per heavy atom. The molecule has 0 radical (unpaired) electrons. The van der Waals surface area contributed by atoms with Crippen molar-refractivity contribution in [3.05, 3.63) is 12.3 Å². The second-order valence-electron chi connectivity index (χ2n) is 4.47. The molecule has 5 nitrogen and oxygen atoms in total. The van der Waals surface area contributed by atoms with Gasteiger partial charge in [0.2, 0.25) is 5.91 Å². The molecule has 0 spiro atoms. The molecule has 0 aliphatic heterocycles. The van der Waals surface area contributed by atoms with Gasteiger partial charge in [-0.1, -0.05) is 6.92 Å². The van der Waals surface area contributed by atoms with E-state index in [0.29, 0.717) is 6.42 Å². The van der Waals surface area contributed by atoms with Gasteiger partial charge in [-0.2, -0.15) is 5.10 Å². The molecule has 1 aromatic rings. The molecule has 0 aliphatic carbocycles. The summed E-state index contributed by atoms with van der Waals surface area (Å²) in [5.41, 5.74) is 0. The van der Waals surface area contributed by atoms with Crippen molar-refractivity contribution in [2.24, 2.45) is 0 Å². The molecule has 0 aromatic carbocycles. The number of hydrogen-bond acceptors (Lipinski definition) is 3. The van der Waals surface area contributed by atoms with Gasteiger partial charge in [-0.05, 0) is 27.3 Å². The number of nitrogens with one attached hydrogen (secondary N) is 2. The van der Waals surface area contributed by atoms with Gasteiger partial charge in [-0.25, -0.2) is 4.68 Å². The van der Waals surface area contributed by atoms with Gasteiger partial charge in [0, 0.05) is 24.6 Å². The molecule has 17 heavy (non-hydrogen) atoms. The summed E-state index contributed by atoms with van der Waals surface area (Å²) in [6, 6.07) is 2.25. The normalized spacial score (nSPS) is 12.8. The lowest BCUT2D eigenvalue weighted by atomic mass is 10.2. The van der Waals surface area contributed by atoms with Gasteiger partial charge in [-0.3, -0.25) is 4.79 Å². The molecular weight excluding hydrogens is 216 g/mol. The molecule has 96 valence electrons. The highest BCUT2D eigenvalue weighted by molar-refractivity contribution is 5.90. The molecule has 1 unspecified atom stereocenters. The summed E-state index contributed by atoms with van der Waals surface area (Å²) < 4.78 is 1.80. The van der Waals surface area contributed by atoms with Crippen molar-refractivity contribution in [2.75, 3.05) is 11.9 Å². The molecule has 0 saturated heterocycles. The van der Waals surface area contributed by atoms with E-state index < -0.39 is 0 Å². The highest BCUT2D eigenvalue weighted by atomic mass is 16.1. The monoisotopic (exact) mass is 238 g/mol. The predicted molar refractivity (Wildman–Crippen MR) is 69.0 cm³/mol. The molecule has 0 saturated carbocycles. The zero-order valence-corrected chi connectivity index (χ0v) is 11.0. The lowest BCUT2D eigenvalue weighted by molar-refractivity contribution is -0.116. The van der Waals surface area contributed by atoms with E-state index in [1.165, 1.54) is 0 Å². The largest absolute Gasteiger partial charge is 0.314 e. The van der Waals surface area contributed by atoms with Crippen LogP contribution in [0.3, 0.4) is 0 Å². The molecule has 0 bridgehead atoms. The fourth-order valence-electron chi connectivity index (χ4n) is 1.72. The van der Waals surface area contributed by atoms with E-state index in [2.05, 4.69) is 15.7 Å². The minimum absolute atomic E-state index is 0.0147. The summed E-state index contributed by atoms with van der Waals surface area (Å²) >= 11 is 0. The summed E-state index contributed by atoms with van der Waals surface area (Å²) in [7, 11) is 0. The van der Waals surface area contributed by atoms with Crippen LogP contribution >= 0.6 is 0 Å². The first kappa shape index (κ1) is 13.7. The highest BCUT2D eigenvalue weighted by Gasteiger charge is 2.11. The Morgan fingerprint density at radius 1 is 1.47 bits per heavy atom. The first-order valence-electron chi connectivity index (χ1n) is 6.11. The second-order valence-corrected chi connectivity index (χ2v) is 4.47. The Morgan fingerprint density at radius 3 is 2.76 bits per heavy atom. The minimum atomic E-state index is 0.0147. The van der Waals surface area contributed by atoms with Gasteiger partial charge in [0.05, 0.1) is 6.20 Å². The second kappa shape index (κ2) is 6.39. The average Bonchev–Trinajstić information content (AvgIpc) is 2.65. The Balaban J connectivity index is 2.53. The van der Waals surface area contributed by atoms with Gasteiger partial charge in [-0.15, -0.1) is 0 Å². The predicted octanol–water partition coefficient (Wildman–Crippen LogP) is 1.79. The maximum atomic E-state index is 11.8. The fraction of sp³-hybridized carbons (Fsp3) is 0.667. The molecule has 0 fully saturated rings. The highest BCUT2D eigenvalue weighted by Crippen LogP contribution is 2.13. The Bertz CT molecular complexity index is 359. The number of amides is 1. The summed E-state index contributed by atoms with van der Waals surface area (Å²) in [5, 5.41) is 10.3. The van der Waals surface area contributed by atoms with E-state index in [9.17, 15) is 4.79 Å². The third-order valence-electron chi connectivity index (χ3n) is 2.47. The average molecular weight is 238 g/mol. The van der Waals surface area contributed by atoms with E-state index in [-0.39, 0.29) is 18.0 Å². The van der Waals surface area contributed by atoms with E-state index in [1.54, 1.807) is 10.9 Å². The van der Waals surface area contributed by atoms with E-state index in [0.717, 1.165) is 12.4 Å². The van der Waals surface area contributed by atoms with Crippen LogP contribution in [0.4, 0.5) is 5.82 Å². The van der Waals surface area contributed by atoms with Crippen LogP contribution in [0.25, 0.3) is 0 Å². The zero-order valence-electron chi connectivity index (χ0n) is 11.0. The van der Waals surface area contributed by atoms with Crippen LogP contribution in [0.1, 0.15) is 40.2 Å². The quantitative estimate of drug-likeness (QED) is 0.794. The lowest BCUT2D eigenvalue weighted by Crippen LogP contribution is -2.30. The van der Waals surface area contributed by atoms with Crippen LogP contribution in [-0.2, 0) is 4.79 Å². The van der Waals surface area contributed by atoms with Gasteiger partial charge < -0.3 is 10.6 Å². The van der Waals surface area contributed by atoms with Crippen LogP contribution in [-0.4, -0.2) is 28.3 Å². The van der Waals surface area contributed by atoms with Crippen LogP contribution in [0.15, 0.2) is 12.3 Å². The maximum Gasteiger partial charge on any atom is 0.227 e. The number of nitrogens with zero attached hydrogens (tertiary/aromatic N) is 2. The third-order valence-corrected chi connectivity index (χ3v) is 2.47. The number of carbonyl (C=O) groups excluding carboxylic acids is 1. The molecule has 2 N–H and O–H groups in total. The molecule has 1 aromatic heterocycles. The first-order valence-corrected chi connectivity index (χ1v) is 6.11. The third kappa shape index (κ3) is 4.19. The Labute approximate surface area is 103 Å². The van der Waals surface area contributed by atoms with Crippen LogP contribution in [0.2, 0.25) is 0 Å². The summed E-state index contributed by atoms with van der Waals surface area (Å²) in [6.45, 7) is 8.97. The SMILES string of the molecule is CCNC(C)CC(=O)Nc1ccnn1C(C)C. The van der Waals surface area contributed by atoms with Crippen LogP contribution < -0.4 is 10.6 Å². The van der Waals surface area contributed by atoms with Gasteiger partial charge in [0.15, 0.2) is 0 Å². The van der Waals surface area contributed by atoms with E-state index in [4.69, 9.17) is 0 Å². The number of aromatic nitrogens is 2. The van der Waals surface area contributed by atoms with Crippen molar-refractivity contribution in [3.8, 4) is 0 Å². The topological polar surface area (TPSA) is 59.0 Å². The van der Waals surface area contributed by atoms with Crippen molar-refractivity contribution in [2.45, 2.75) is 46.2 Å². The maximum absolute atomic E-state index is 11.8. The number of rotatable bonds is 6. The molecule has 1 atom stereocenters. The zero-order chi connectivity index (χ0) is 12.8. The first-order chi connectivity index (χ1) is 8.04. The number of anilines is 1. The van der Waals surface area contributed by atoms with Crippen molar-refractivity contribution < 1.29 is 4.79 Å². The van der Waals surface area contributed by atoms with Gasteiger partial charge in [0.25, 0.3) is 0 Å². The summed E-state index contributed by atoms with van der Waals surface area (Å²) in [4.78, 5) is 11.8. The standard InChI is InChI=1S/C12H22N4O/c1-5-13-10(4)8-12(17)15-11-6-7-14-16(11)9(2)3/h6-7,9-10,13H,5,8H2,1-4H3,(H,15,17). The Kier molecular flexibility index (Phi) is 5.15. The molecule has 0 aliphatic rings. The van der Waals surface area contributed by atoms with Crippen molar-refractivity contribution in [1.82, 2.24) is 15.1 Å². The molecule has 1 heterocycles. The molecular formula is C12H22N4O. The van der Waals surface area contributed by atoms with Crippen LogP contribution in [0.5, 0.6) is 0 Å². The van der Waals surface area contributed by atoms with E-state index in [1.807, 2.05) is 33.8 Å². The summed E-state index contributed by atoms with van der Waals surface area (Å²) in [6.07, 6.45) is 2.17. The Hall–Kier alpha value is -1.36. The fourth-order valence-corrected chi connectivity index (χ4v) is 1.72. The van der Waals surface area contributed by atoms with Gasteiger partial charge >= 0.3 is 0 Å². The summed E-state index contributed by atoms with van der Waals surface area (Å²) in [5.74, 6) is 0.773. The van der Waals surface area contributed by atoms with Crippen molar-refractivity contribution >= 4 is 11.7 Å². The van der Waals surface area contributed by atoms with Crippen molar-refractivity contribution in [3.63, 3.8) is 0 Å². The van der Waals surface area contributed by atoms with Gasteiger partial charge in [0.1, 0.15) is 5.82 Å². The molecule has 1 rings (SSSR count). The number of hydrogen-bond donors (Lipinski definition) is 2. The lowest BCUT2D eigenvalue weighted by Gasteiger charge is -2.14. The smallest absolute Gasteiger partial charge is 0.227 e. The molecule has 1 amide bonds. The van der Waals surface area contributed by atoms with Crippen molar-refractivity contribution in [1.29, 1.82) is 0 Å². The minimum Gasteiger partial charge on any atom is -0.314 e. The number of carbonyl (C=O) groups is 1.